The number of aromatic carboxylic acids is 6. The maximum Gasteiger partial charge on any atom is 0.425 e. The Morgan fingerprint density at radius 3 is 0.859 bits per heavy atom. The molecular formula is C58H64O57S13. The van der Waals surface area contributed by atoms with Gasteiger partial charge in [-0.2, -0.15) is 58.9 Å². The Bertz CT molecular complexity index is 6170. The molecule has 70 heteroatoms. The Kier molecular flexibility index (Phi) is 67.9. The molecule has 0 aliphatic heterocycles. The van der Waals surface area contributed by atoms with E-state index in [4.69, 9.17) is 148 Å². The van der Waals surface area contributed by atoms with Gasteiger partial charge in [-0.1, -0.05) is 55.5 Å². The van der Waals surface area contributed by atoms with Gasteiger partial charge >= 0.3 is 120 Å². The second-order valence-corrected chi connectivity index (χ2v) is 32.1. The van der Waals surface area contributed by atoms with E-state index in [2.05, 4.69) is 14.2 Å². The van der Waals surface area contributed by atoms with Crippen LogP contribution in [0, 0.1) is 0 Å². The van der Waals surface area contributed by atoms with E-state index >= 15 is 0 Å². The molecule has 0 aliphatic rings. The second kappa shape index (κ2) is 66.6. The maximum absolute atomic E-state index is 11.2. The molecule has 0 radical (unpaired) electrons. The summed E-state index contributed by atoms with van der Waals surface area (Å²) in [7, 11) is -43.9. The lowest BCUT2D eigenvalue weighted by atomic mass is 10.1. The molecule has 0 saturated heterocycles. The average molecular weight is 2090 g/mol. The topological polar surface area (TPSA) is 975 Å². The van der Waals surface area contributed by atoms with Gasteiger partial charge < -0.3 is 54.3 Å². The third-order valence-corrected chi connectivity index (χ3v) is 17.0. The highest BCUT2D eigenvalue weighted by molar-refractivity contribution is 7.87. The fourth-order valence-electron chi connectivity index (χ4n) is 6.41. The van der Waals surface area contributed by atoms with E-state index in [1.807, 2.05) is 0 Å². The summed E-state index contributed by atoms with van der Waals surface area (Å²) in [5, 5.41) is 50.9. The first-order valence-corrected chi connectivity index (χ1v) is 46.3. The second-order valence-electron chi connectivity index (χ2n) is 19.4. The van der Waals surface area contributed by atoms with Crippen molar-refractivity contribution in [3.63, 3.8) is 0 Å². The smallest absolute Gasteiger partial charge is 0.425 e. The van der Waals surface area contributed by atoms with Gasteiger partial charge in [-0.3, -0.25) is 36.7 Å². The van der Waals surface area contributed by atoms with E-state index < -0.39 is 201 Å². The number of hydrogen-bond acceptors (Lipinski definition) is 44. The number of hydrogen-bond donors (Lipinski definition) is 13. The van der Waals surface area contributed by atoms with Gasteiger partial charge in [0.1, 0.15) is 32.8 Å². The lowest BCUT2D eigenvalue weighted by molar-refractivity contribution is -0.120. The van der Waals surface area contributed by atoms with Gasteiger partial charge in [0.25, 0.3) is 57.1 Å². The summed E-state index contributed by atoms with van der Waals surface area (Å²) in [5.74, 6) is -7.73. The molecule has 0 bridgehead atoms. The molecule has 0 amide bonds. The highest BCUT2D eigenvalue weighted by Crippen LogP contribution is 2.38. The zero-order chi connectivity index (χ0) is 102. The van der Waals surface area contributed by atoms with Crippen molar-refractivity contribution in [2.45, 2.75) is 44.7 Å². The van der Waals surface area contributed by atoms with Crippen LogP contribution in [0.15, 0.2) is 182 Å². The Morgan fingerprint density at radius 1 is 0.312 bits per heavy atom. The summed E-state index contributed by atoms with van der Waals surface area (Å²) in [6, 6.07) is 34.6. The number of carboxylic acids is 6. The highest BCUT2D eigenvalue weighted by Gasteiger charge is 2.30. The number of carbonyl (C=O) groups excluding carboxylic acids is 1. The van der Waals surface area contributed by atoms with E-state index in [-0.39, 0.29) is 62.4 Å². The van der Waals surface area contributed by atoms with E-state index in [1.54, 1.807) is 43.3 Å². The fourth-order valence-corrected chi connectivity index (χ4v) is 10.5. The van der Waals surface area contributed by atoms with Crippen LogP contribution in [0.2, 0.25) is 0 Å². The number of carbonyl (C=O) groups is 7. The summed E-state index contributed by atoms with van der Waals surface area (Å²) in [6.45, 7) is 3.35. The molecule has 0 aliphatic carbocycles. The maximum atomic E-state index is 11.2. The van der Waals surface area contributed by atoms with E-state index in [0.717, 1.165) is 56.7 Å². The number of methoxy groups -OCH3 is 4. The molecule has 716 valence electrons. The van der Waals surface area contributed by atoms with Crippen molar-refractivity contribution in [2.24, 2.45) is 0 Å². The lowest BCUT2D eigenvalue weighted by Crippen LogP contribution is -2.09. The zero-order valence-corrected chi connectivity index (χ0v) is 74.4. The van der Waals surface area contributed by atoms with Gasteiger partial charge in [0, 0.05) is 0 Å². The SMILES string of the molecule is CCCS(=O)(=O)O.CCS(=O)(=O)O.COc1ccc(S(=O)(=O)O)c(OC)c1S(=O)(=O)O.COc1cccc(OC)c1S(=O)(=O)O.O=C(O)c1cccc(C(=O)O)c1.O=C(O)c1cccc(S(=O)(=O)O)c1.O=C(O)c1ccccc1.O=C(O)c1ccccc1S(=O)(=O)O.O=COc1ccc(C(=O)O)cc1.O=S(=O)=O.O=S(=O)=O.O=S(=O)=O.O=S(=O)=O.O=S(=O)=O.O=S(=O)=O. The van der Waals surface area contributed by atoms with Crippen LogP contribution in [-0.4, -0.2) is 279 Å². The van der Waals surface area contributed by atoms with Crippen LogP contribution in [0.3, 0.4) is 0 Å². The third kappa shape index (κ3) is 73.5. The Morgan fingerprint density at radius 2 is 0.609 bits per heavy atom. The predicted octanol–water partition coefficient (Wildman–Crippen LogP) is -0.0478. The van der Waals surface area contributed by atoms with Crippen molar-refractivity contribution < 1.29 is 254 Å². The largest absolute Gasteiger partial charge is 0.495 e. The van der Waals surface area contributed by atoms with Gasteiger partial charge in [0.15, 0.2) is 15.5 Å². The molecule has 0 saturated carbocycles. The summed E-state index contributed by atoms with van der Waals surface area (Å²) in [4.78, 5) is 69.0. The fraction of sp³-hybridized carbons (Fsp3) is 0.155. The van der Waals surface area contributed by atoms with Crippen molar-refractivity contribution in [1.29, 1.82) is 0 Å². The van der Waals surface area contributed by atoms with Gasteiger partial charge in [-0.25, -0.2) is 28.8 Å². The van der Waals surface area contributed by atoms with Gasteiger partial charge in [0.05, 0.1) is 78.2 Å². The van der Waals surface area contributed by atoms with Crippen LogP contribution in [0.25, 0.3) is 0 Å². The lowest BCUT2D eigenvalue weighted by Gasteiger charge is -2.13. The van der Waals surface area contributed by atoms with Crippen LogP contribution in [0.1, 0.15) is 82.4 Å². The van der Waals surface area contributed by atoms with Crippen molar-refractivity contribution in [1.82, 2.24) is 0 Å². The third-order valence-electron chi connectivity index (χ3n) is 10.9. The van der Waals surface area contributed by atoms with Crippen LogP contribution in [0.4, 0.5) is 0 Å². The van der Waals surface area contributed by atoms with Crippen molar-refractivity contribution in [3.05, 3.63) is 191 Å². The van der Waals surface area contributed by atoms with Gasteiger partial charge in [0.2, 0.25) is 0 Å². The quantitative estimate of drug-likeness (QED) is 0.0351. The van der Waals surface area contributed by atoms with Crippen LogP contribution in [-0.2, 0) is 139 Å². The number of ether oxygens (including phenoxy) is 5. The molecule has 0 spiro atoms. The van der Waals surface area contributed by atoms with Crippen molar-refractivity contribution in [3.8, 4) is 28.7 Å². The highest BCUT2D eigenvalue weighted by atomic mass is 32.2. The Balaban J connectivity index is -0.000000206. The number of rotatable bonds is 20. The zero-order valence-electron chi connectivity index (χ0n) is 63.8. The molecule has 0 aromatic heterocycles. The van der Waals surface area contributed by atoms with Crippen molar-refractivity contribution in [2.75, 3.05) is 39.9 Å². The normalized spacial score (nSPS) is 9.85. The summed E-state index contributed by atoms with van der Waals surface area (Å²) in [6.07, 6.45) is 0.471. The van der Waals surface area contributed by atoms with Crippen molar-refractivity contribution >= 4 is 177 Å². The molecule has 0 fully saturated rings. The first-order chi connectivity index (χ1) is 58.1. The molecular weight excluding hydrogens is 2030 g/mol. The molecule has 0 atom stereocenters. The molecule has 128 heavy (non-hydrogen) atoms. The average Bonchev–Trinajstić information content (AvgIpc) is 0.755. The summed E-state index contributed by atoms with van der Waals surface area (Å²) >= 11 is 0. The molecule has 7 aromatic rings. The Hall–Kier alpha value is -12.9. The molecule has 0 heterocycles. The molecule has 0 unspecified atom stereocenters. The monoisotopic (exact) mass is 2090 g/mol. The minimum atomic E-state index is -4.80. The molecule has 57 nitrogen and oxygen atoms in total. The standard InChI is InChI=1S/C8H10O8S2.C8H10O5S.2C8H6O4.2C7H6O5S.C7H6O2.C3H8O3S.C2H6O3S.6O3S/c1-15-5-3-4-6(17(9,10)11)7(16-2)8(5)18(12,13)14;1-12-6-4-3-5-7(13-2)8(6)14(9,10)11;9-5-12-7-3-1-6(2-4-7)8(10)11;9-7(10)5-2-1-3-6(4-5)8(11)12;8-7(9)5-2-1-3-6(4-5)13(10,11)12;8-7(9)5-3-1-2-4-6(5)13(10,11)12;8-7(9)6-4-2-1-3-5-6;1-2-3-7(4,5)6;1-2-6(3,4)5;6*1-4(2)3/h3-4H,1-2H3,(H,9,10,11)(H,12,13,14);3-5H,1-2H3,(H,9,10,11);1-5H,(H,10,11);1-4H,(H,9,10)(H,11,12);2*1-4H,(H,8,9)(H,10,11,12);1-5H,(H,8,9);2-3H2,1H3,(H,4,5,6);2H2,1H3,(H,3,4,5);;;;;;. The van der Waals surface area contributed by atoms with Crippen LogP contribution in [0.5, 0.6) is 28.7 Å². The van der Waals surface area contributed by atoms with Gasteiger partial charge in [-0.05, 0) is 123 Å². The van der Waals surface area contributed by atoms with Gasteiger partial charge in [-0.15, -0.1) is 75.8 Å². The molecule has 7 rings (SSSR count). The Labute approximate surface area is 730 Å². The molecule has 13 N–H and O–H groups in total. The van der Waals surface area contributed by atoms with E-state index in [9.17, 15) is 92.5 Å². The van der Waals surface area contributed by atoms with Crippen LogP contribution >= 0.6 is 0 Å². The predicted molar refractivity (Wildman–Crippen MR) is 416 cm³/mol. The number of carboxylic acid groups (broad SMARTS) is 6. The number of benzene rings is 7. The summed E-state index contributed by atoms with van der Waals surface area (Å²) in [5.41, 5.74) is -0.171. The minimum absolute atomic E-state index is 0.0186. The van der Waals surface area contributed by atoms with E-state index in [0.29, 0.717) is 17.7 Å². The van der Waals surface area contributed by atoms with E-state index in [1.165, 1.54) is 100 Å². The van der Waals surface area contributed by atoms with Crippen LogP contribution < -0.4 is 23.7 Å². The minimum Gasteiger partial charge on any atom is -0.495 e. The first kappa shape index (κ1) is 131. The first-order valence-electron chi connectivity index (χ1n) is 29.9. The molecule has 7 aromatic carbocycles. The summed E-state index contributed by atoms with van der Waals surface area (Å²) < 4.78 is 383.